The lowest BCUT2D eigenvalue weighted by molar-refractivity contribution is -0.132. The Balaban J connectivity index is 1.31. The van der Waals surface area contributed by atoms with E-state index in [-0.39, 0.29) is 11.7 Å². The van der Waals surface area contributed by atoms with Crippen LogP contribution in [-0.2, 0) is 11.2 Å². The maximum absolute atomic E-state index is 13.1. The van der Waals surface area contributed by atoms with Gasteiger partial charge in [0.1, 0.15) is 0 Å². The zero-order chi connectivity index (χ0) is 22.5. The molecule has 4 rings (SSSR count). The zero-order valence-electron chi connectivity index (χ0n) is 19.0. The Morgan fingerprint density at radius 2 is 1.47 bits per heavy atom. The summed E-state index contributed by atoms with van der Waals surface area (Å²) in [6, 6.07) is 22.3. The number of Topliss-reactive ketones (excluding diaryl/α,β-unsaturated/α-hetero) is 1. The van der Waals surface area contributed by atoms with Gasteiger partial charge < -0.3 is 9.47 Å². The van der Waals surface area contributed by atoms with Gasteiger partial charge in [-0.1, -0.05) is 48.5 Å². The molecule has 0 N–H and O–H groups in total. The van der Waals surface area contributed by atoms with Gasteiger partial charge in [-0.3, -0.25) is 14.5 Å². The molecular weight excluding hydrogens is 398 g/mol. The number of ketones is 1. The van der Waals surface area contributed by atoms with Crippen molar-refractivity contribution in [3.63, 3.8) is 0 Å². The van der Waals surface area contributed by atoms with Gasteiger partial charge in [0.05, 0.1) is 6.54 Å². The van der Waals surface area contributed by atoms with E-state index in [0.717, 1.165) is 42.1 Å². The van der Waals surface area contributed by atoms with E-state index >= 15 is 0 Å². The van der Waals surface area contributed by atoms with Gasteiger partial charge >= 0.3 is 0 Å². The predicted molar refractivity (Wildman–Crippen MR) is 127 cm³/mol. The van der Waals surface area contributed by atoms with E-state index in [4.69, 9.17) is 0 Å². The first-order valence-corrected chi connectivity index (χ1v) is 11.3. The molecule has 32 heavy (non-hydrogen) atoms. The highest BCUT2D eigenvalue weighted by Crippen LogP contribution is 2.21. The Kier molecular flexibility index (Phi) is 6.86. The highest BCUT2D eigenvalue weighted by molar-refractivity contribution is 5.99. The first kappa shape index (κ1) is 22.0. The van der Waals surface area contributed by atoms with Crippen LogP contribution in [0, 0.1) is 13.8 Å². The molecule has 0 unspecified atom stereocenters. The molecule has 0 saturated carbocycles. The molecule has 1 aromatic heterocycles. The molecular formula is C27H31N3O2. The number of amides is 1. The van der Waals surface area contributed by atoms with Crippen LogP contribution < -0.4 is 0 Å². The smallest absolute Gasteiger partial charge is 0.222 e. The summed E-state index contributed by atoms with van der Waals surface area (Å²) < 4.78 is 2.14. The van der Waals surface area contributed by atoms with Gasteiger partial charge in [-0.05, 0) is 44.0 Å². The Hall–Kier alpha value is -3.18. The minimum atomic E-state index is 0.143. The summed E-state index contributed by atoms with van der Waals surface area (Å²) in [5, 5.41) is 0. The third-order valence-electron chi connectivity index (χ3n) is 6.31. The number of carbonyl (C=O) groups excluding carboxylic acids is 2. The van der Waals surface area contributed by atoms with Crippen molar-refractivity contribution >= 4 is 11.7 Å². The summed E-state index contributed by atoms with van der Waals surface area (Å²) >= 11 is 0. The topological polar surface area (TPSA) is 45.6 Å². The van der Waals surface area contributed by atoms with Crippen molar-refractivity contribution in [3.05, 3.63) is 89.2 Å². The minimum Gasteiger partial charge on any atom is -0.340 e. The van der Waals surface area contributed by atoms with Gasteiger partial charge in [0.15, 0.2) is 5.78 Å². The normalized spacial score (nSPS) is 14.5. The first-order chi connectivity index (χ1) is 15.5. The number of rotatable bonds is 7. The molecule has 3 aromatic rings. The molecule has 1 amide bonds. The second-order valence-corrected chi connectivity index (χ2v) is 8.52. The highest BCUT2D eigenvalue weighted by atomic mass is 16.2. The summed E-state index contributed by atoms with van der Waals surface area (Å²) in [6.07, 6.45) is 1.31. The number of hydrogen-bond donors (Lipinski definition) is 0. The fourth-order valence-corrected chi connectivity index (χ4v) is 4.52. The van der Waals surface area contributed by atoms with E-state index < -0.39 is 0 Å². The van der Waals surface area contributed by atoms with E-state index in [9.17, 15) is 9.59 Å². The van der Waals surface area contributed by atoms with E-state index in [2.05, 4.69) is 33.7 Å². The lowest BCUT2D eigenvalue weighted by Crippen LogP contribution is -2.50. The number of hydrogen-bond acceptors (Lipinski definition) is 3. The maximum Gasteiger partial charge on any atom is 0.222 e. The fourth-order valence-electron chi connectivity index (χ4n) is 4.52. The molecule has 0 aliphatic carbocycles. The molecule has 1 aliphatic rings. The van der Waals surface area contributed by atoms with Crippen LogP contribution in [0.1, 0.15) is 33.7 Å². The predicted octanol–water partition coefficient (Wildman–Crippen LogP) is 4.05. The van der Waals surface area contributed by atoms with Crippen molar-refractivity contribution in [2.75, 3.05) is 32.7 Å². The molecule has 1 aliphatic heterocycles. The number of benzene rings is 2. The SMILES string of the molecule is Cc1cc(C(=O)CN2CCN(C(=O)CCc3ccccc3)CC2)c(C)n1-c1ccccc1. The monoisotopic (exact) mass is 429 g/mol. The number of aryl methyl sites for hydroxylation is 2. The van der Waals surface area contributed by atoms with Crippen LogP contribution in [0.3, 0.4) is 0 Å². The molecule has 5 heteroatoms. The highest BCUT2D eigenvalue weighted by Gasteiger charge is 2.24. The van der Waals surface area contributed by atoms with Crippen molar-refractivity contribution in [2.45, 2.75) is 26.7 Å². The first-order valence-electron chi connectivity index (χ1n) is 11.3. The second kappa shape index (κ2) is 9.96. The van der Waals surface area contributed by atoms with Crippen LogP contribution in [0.2, 0.25) is 0 Å². The van der Waals surface area contributed by atoms with Gasteiger partial charge in [-0.2, -0.15) is 0 Å². The summed E-state index contributed by atoms with van der Waals surface area (Å²) in [4.78, 5) is 29.7. The van der Waals surface area contributed by atoms with Crippen molar-refractivity contribution in [1.29, 1.82) is 0 Å². The fraction of sp³-hybridized carbons (Fsp3) is 0.333. The number of nitrogens with zero attached hydrogens (tertiary/aromatic N) is 3. The molecule has 5 nitrogen and oxygen atoms in total. The molecule has 0 spiro atoms. The molecule has 166 valence electrons. The Bertz CT molecular complexity index is 1070. The minimum absolute atomic E-state index is 0.143. The summed E-state index contributed by atoms with van der Waals surface area (Å²) in [5.41, 5.74) is 5.09. The lowest BCUT2D eigenvalue weighted by atomic mass is 10.1. The molecule has 1 fully saturated rings. The second-order valence-electron chi connectivity index (χ2n) is 8.52. The third kappa shape index (κ3) is 5.00. The van der Waals surface area contributed by atoms with Crippen molar-refractivity contribution in [2.24, 2.45) is 0 Å². The number of aromatic nitrogens is 1. The number of piperazine rings is 1. The van der Waals surface area contributed by atoms with Crippen LogP contribution in [0.4, 0.5) is 0 Å². The van der Waals surface area contributed by atoms with Gasteiger partial charge in [0, 0.05) is 55.2 Å². The molecule has 0 radical (unpaired) electrons. The standard InChI is InChI=1S/C27H31N3O2/c1-21-19-25(22(2)30(21)24-11-7-4-8-12-24)26(31)20-28-15-17-29(18-16-28)27(32)14-13-23-9-5-3-6-10-23/h3-12,19H,13-18,20H2,1-2H3. The average Bonchev–Trinajstić information content (AvgIpc) is 3.13. The zero-order valence-corrected chi connectivity index (χ0v) is 19.0. The van der Waals surface area contributed by atoms with Crippen LogP contribution in [0.15, 0.2) is 66.7 Å². The van der Waals surface area contributed by atoms with E-state index in [1.165, 1.54) is 5.56 Å². The Morgan fingerprint density at radius 3 is 2.12 bits per heavy atom. The molecule has 0 bridgehead atoms. The van der Waals surface area contributed by atoms with E-state index in [0.29, 0.717) is 26.1 Å². The summed E-state index contributed by atoms with van der Waals surface area (Å²) in [5.74, 6) is 0.343. The van der Waals surface area contributed by atoms with Crippen LogP contribution in [0.5, 0.6) is 0 Å². The van der Waals surface area contributed by atoms with Crippen LogP contribution in [-0.4, -0.2) is 58.8 Å². The van der Waals surface area contributed by atoms with Crippen LogP contribution in [0.25, 0.3) is 5.69 Å². The Labute approximate surface area is 190 Å². The molecule has 2 heterocycles. The Morgan fingerprint density at radius 1 is 0.844 bits per heavy atom. The van der Waals surface area contributed by atoms with Crippen LogP contribution >= 0.6 is 0 Å². The number of para-hydroxylation sites is 1. The molecule has 1 saturated heterocycles. The van der Waals surface area contributed by atoms with E-state index in [1.54, 1.807) is 0 Å². The van der Waals surface area contributed by atoms with E-state index in [1.807, 2.05) is 61.2 Å². The van der Waals surface area contributed by atoms with Gasteiger partial charge in [-0.15, -0.1) is 0 Å². The third-order valence-corrected chi connectivity index (χ3v) is 6.31. The van der Waals surface area contributed by atoms with Crippen molar-refractivity contribution in [1.82, 2.24) is 14.4 Å². The summed E-state index contributed by atoms with van der Waals surface area (Å²) in [6.45, 7) is 7.28. The van der Waals surface area contributed by atoms with Gasteiger partial charge in [0.2, 0.25) is 5.91 Å². The molecule has 2 aromatic carbocycles. The van der Waals surface area contributed by atoms with Gasteiger partial charge in [-0.25, -0.2) is 0 Å². The molecule has 0 atom stereocenters. The quantitative estimate of drug-likeness (QED) is 0.532. The lowest BCUT2D eigenvalue weighted by Gasteiger charge is -2.34. The van der Waals surface area contributed by atoms with Crippen molar-refractivity contribution in [3.8, 4) is 5.69 Å². The summed E-state index contributed by atoms with van der Waals surface area (Å²) in [7, 11) is 0. The van der Waals surface area contributed by atoms with Gasteiger partial charge in [0.25, 0.3) is 0 Å². The van der Waals surface area contributed by atoms with Crippen molar-refractivity contribution < 1.29 is 9.59 Å². The average molecular weight is 430 g/mol. The number of carbonyl (C=O) groups is 2. The largest absolute Gasteiger partial charge is 0.340 e. The maximum atomic E-state index is 13.1.